The first kappa shape index (κ1) is 13.9. The number of anilines is 2. The summed E-state index contributed by atoms with van der Waals surface area (Å²) in [5.41, 5.74) is 4.52. The number of carbonyl (C=O) groups is 2. The van der Waals surface area contributed by atoms with Gasteiger partial charge in [0.25, 0.3) is 0 Å². The highest BCUT2D eigenvalue weighted by Gasteiger charge is 2.20. The summed E-state index contributed by atoms with van der Waals surface area (Å²) in [6.45, 7) is 0.163. The highest BCUT2D eigenvalue weighted by Crippen LogP contribution is 2.26. The molecule has 2 aliphatic rings. The van der Waals surface area contributed by atoms with E-state index < -0.39 is 0 Å². The van der Waals surface area contributed by atoms with Crippen LogP contribution in [-0.2, 0) is 35.4 Å². The average molecular weight is 311 g/mol. The normalized spacial score (nSPS) is 15.7. The zero-order valence-corrected chi connectivity index (χ0v) is 12.6. The van der Waals surface area contributed by atoms with Crippen molar-refractivity contribution in [1.29, 1.82) is 0 Å². The van der Waals surface area contributed by atoms with Crippen molar-refractivity contribution in [2.75, 3.05) is 10.6 Å². The van der Waals surface area contributed by atoms with Crippen molar-refractivity contribution < 1.29 is 9.59 Å². The van der Waals surface area contributed by atoms with Gasteiger partial charge in [0, 0.05) is 11.4 Å². The lowest BCUT2D eigenvalue weighted by atomic mass is 10.0. The number of aryl methyl sites for hydroxylation is 1. The number of nitrogens with one attached hydrogen (secondary N) is 2. The van der Waals surface area contributed by atoms with Gasteiger partial charge in [-0.3, -0.25) is 9.59 Å². The Bertz CT molecular complexity index is 796. The fourth-order valence-corrected chi connectivity index (χ4v) is 3.19. The maximum atomic E-state index is 12.2. The van der Waals surface area contributed by atoms with Crippen molar-refractivity contribution in [3.05, 3.63) is 35.2 Å². The zero-order chi connectivity index (χ0) is 15.8. The Kier molecular flexibility index (Phi) is 3.33. The molecule has 2 aromatic rings. The summed E-state index contributed by atoms with van der Waals surface area (Å²) in [6, 6.07) is 5.44. The van der Waals surface area contributed by atoms with Crippen LogP contribution in [-0.4, -0.2) is 26.8 Å². The Labute approximate surface area is 133 Å². The van der Waals surface area contributed by atoms with Gasteiger partial charge in [0.05, 0.1) is 17.8 Å². The van der Waals surface area contributed by atoms with E-state index in [0.717, 1.165) is 48.3 Å². The summed E-state index contributed by atoms with van der Waals surface area (Å²) in [4.78, 5) is 23.6. The summed E-state index contributed by atoms with van der Waals surface area (Å²) in [6.07, 6.45) is 4.49. The first-order chi connectivity index (χ1) is 11.2. The molecular formula is C16H17N5O2. The van der Waals surface area contributed by atoms with E-state index in [1.807, 2.05) is 12.1 Å². The number of rotatable bonds is 3. The largest absolute Gasteiger partial charge is 0.326 e. The van der Waals surface area contributed by atoms with Gasteiger partial charge in [0.1, 0.15) is 6.54 Å². The van der Waals surface area contributed by atoms with Crippen LogP contribution in [0.15, 0.2) is 18.2 Å². The zero-order valence-electron chi connectivity index (χ0n) is 12.6. The average Bonchev–Trinajstić information content (AvgIpc) is 3.10. The van der Waals surface area contributed by atoms with Crippen LogP contribution in [0.2, 0.25) is 0 Å². The van der Waals surface area contributed by atoms with E-state index in [4.69, 9.17) is 0 Å². The molecule has 1 aromatic carbocycles. The second kappa shape index (κ2) is 5.49. The molecule has 0 bridgehead atoms. The Morgan fingerprint density at radius 2 is 2.17 bits per heavy atom. The van der Waals surface area contributed by atoms with Crippen LogP contribution in [0.4, 0.5) is 11.4 Å². The van der Waals surface area contributed by atoms with E-state index in [9.17, 15) is 9.59 Å². The quantitative estimate of drug-likeness (QED) is 0.894. The van der Waals surface area contributed by atoms with Crippen LogP contribution in [0.1, 0.15) is 29.8 Å². The monoisotopic (exact) mass is 311 g/mol. The van der Waals surface area contributed by atoms with Gasteiger partial charge in [-0.1, -0.05) is 5.21 Å². The second-order valence-electron chi connectivity index (χ2n) is 5.99. The molecule has 1 aliphatic carbocycles. The molecular weight excluding hydrogens is 294 g/mol. The summed E-state index contributed by atoms with van der Waals surface area (Å²) in [7, 11) is 0. The van der Waals surface area contributed by atoms with Crippen LogP contribution in [0.5, 0.6) is 0 Å². The SMILES string of the molecule is O=C(Cn1nnc2c1CCCC2)Nc1ccc2c(c1)CC(=O)N2. The topological polar surface area (TPSA) is 88.9 Å². The number of hydrogen-bond donors (Lipinski definition) is 2. The lowest BCUT2D eigenvalue weighted by Gasteiger charge is -2.12. The summed E-state index contributed by atoms with van der Waals surface area (Å²) in [5.74, 6) is -0.154. The van der Waals surface area contributed by atoms with Crippen LogP contribution in [0, 0.1) is 0 Å². The molecule has 7 heteroatoms. The fourth-order valence-electron chi connectivity index (χ4n) is 3.19. The van der Waals surface area contributed by atoms with E-state index in [1.165, 1.54) is 0 Å². The Morgan fingerprint density at radius 3 is 3.09 bits per heavy atom. The maximum absolute atomic E-state index is 12.2. The van der Waals surface area contributed by atoms with Gasteiger partial charge in [0.15, 0.2) is 0 Å². The molecule has 0 spiro atoms. The highest BCUT2D eigenvalue weighted by molar-refractivity contribution is 6.00. The molecule has 0 atom stereocenters. The van der Waals surface area contributed by atoms with Crippen molar-refractivity contribution >= 4 is 23.2 Å². The smallest absolute Gasteiger partial charge is 0.246 e. The summed E-state index contributed by atoms with van der Waals surface area (Å²) >= 11 is 0. The second-order valence-corrected chi connectivity index (χ2v) is 5.99. The third kappa shape index (κ3) is 2.69. The van der Waals surface area contributed by atoms with E-state index in [1.54, 1.807) is 10.7 Å². The molecule has 0 fully saturated rings. The lowest BCUT2D eigenvalue weighted by Crippen LogP contribution is -2.21. The molecule has 2 amide bonds. The van der Waals surface area contributed by atoms with Crippen molar-refractivity contribution in [3.8, 4) is 0 Å². The van der Waals surface area contributed by atoms with Gasteiger partial charge in [-0.05, 0) is 49.4 Å². The van der Waals surface area contributed by atoms with Gasteiger partial charge in [-0.15, -0.1) is 5.10 Å². The first-order valence-electron chi connectivity index (χ1n) is 7.83. The molecule has 2 heterocycles. The third-order valence-electron chi connectivity index (χ3n) is 4.30. The Hall–Kier alpha value is -2.70. The van der Waals surface area contributed by atoms with Crippen molar-refractivity contribution in [3.63, 3.8) is 0 Å². The molecule has 7 nitrogen and oxygen atoms in total. The summed E-state index contributed by atoms with van der Waals surface area (Å²) < 4.78 is 1.70. The van der Waals surface area contributed by atoms with E-state index in [-0.39, 0.29) is 18.4 Å². The Morgan fingerprint density at radius 1 is 1.30 bits per heavy atom. The lowest BCUT2D eigenvalue weighted by molar-refractivity contribution is -0.117. The molecule has 1 aliphatic heterocycles. The molecule has 118 valence electrons. The third-order valence-corrected chi connectivity index (χ3v) is 4.30. The predicted molar refractivity (Wildman–Crippen MR) is 84.1 cm³/mol. The van der Waals surface area contributed by atoms with Crippen LogP contribution < -0.4 is 10.6 Å². The molecule has 1 aromatic heterocycles. The maximum Gasteiger partial charge on any atom is 0.246 e. The molecule has 0 unspecified atom stereocenters. The number of benzene rings is 1. The van der Waals surface area contributed by atoms with Gasteiger partial charge >= 0.3 is 0 Å². The first-order valence-corrected chi connectivity index (χ1v) is 7.83. The molecule has 0 radical (unpaired) electrons. The molecule has 4 rings (SSSR count). The number of carbonyl (C=O) groups excluding carboxylic acids is 2. The minimum absolute atomic E-state index is 0.0160. The Balaban J connectivity index is 1.45. The molecule has 0 saturated carbocycles. The number of hydrogen-bond acceptors (Lipinski definition) is 4. The van der Waals surface area contributed by atoms with Gasteiger partial charge in [-0.2, -0.15) is 0 Å². The van der Waals surface area contributed by atoms with Gasteiger partial charge in [0.2, 0.25) is 11.8 Å². The molecule has 23 heavy (non-hydrogen) atoms. The number of aromatic nitrogens is 3. The van der Waals surface area contributed by atoms with E-state index in [0.29, 0.717) is 12.1 Å². The van der Waals surface area contributed by atoms with Gasteiger partial charge < -0.3 is 10.6 Å². The molecule has 0 saturated heterocycles. The molecule has 2 N–H and O–H groups in total. The van der Waals surface area contributed by atoms with E-state index >= 15 is 0 Å². The van der Waals surface area contributed by atoms with Crippen LogP contribution in [0.3, 0.4) is 0 Å². The predicted octanol–water partition coefficient (Wildman–Crippen LogP) is 1.29. The van der Waals surface area contributed by atoms with Gasteiger partial charge in [-0.25, -0.2) is 4.68 Å². The minimum Gasteiger partial charge on any atom is -0.326 e. The number of amides is 2. The standard InChI is InChI=1S/C16H17N5O2/c22-15-8-10-7-11(5-6-12(10)18-15)17-16(23)9-21-14-4-2-1-3-13(14)19-20-21/h5-7H,1-4,8-9H2,(H,17,23)(H,18,22). The van der Waals surface area contributed by atoms with Crippen molar-refractivity contribution in [2.45, 2.75) is 38.6 Å². The van der Waals surface area contributed by atoms with Crippen LogP contribution >= 0.6 is 0 Å². The number of fused-ring (bicyclic) bond motifs is 2. The highest BCUT2D eigenvalue weighted by atomic mass is 16.2. The van der Waals surface area contributed by atoms with Crippen molar-refractivity contribution in [2.24, 2.45) is 0 Å². The van der Waals surface area contributed by atoms with E-state index in [2.05, 4.69) is 20.9 Å². The fraction of sp³-hybridized carbons (Fsp3) is 0.375. The van der Waals surface area contributed by atoms with Crippen LogP contribution in [0.25, 0.3) is 0 Å². The number of nitrogens with zero attached hydrogens (tertiary/aromatic N) is 3. The van der Waals surface area contributed by atoms with Crippen molar-refractivity contribution in [1.82, 2.24) is 15.0 Å². The minimum atomic E-state index is -0.138. The summed E-state index contributed by atoms with van der Waals surface area (Å²) in [5, 5.41) is 13.9.